The van der Waals surface area contributed by atoms with Crippen LogP contribution >= 0.6 is 0 Å². The second kappa shape index (κ2) is 41.4. The number of aromatic nitrogens is 2. The van der Waals surface area contributed by atoms with E-state index in [1.54, 1.807) is 5.82 Å². The molecule has 1 aromatic rings. The van der Waals surface area contributed by atoms with Gasteiger partial charge in [-0.25, -0.2) is 9.13 Å². The van der Waals surface area contributed by atoms with Gasteiger partial charge in [-0.3, -0.25) is 0 Å². The van der Waals surface area contributed by atoms with Crippen molar-refractivity contribution in [2.75, 3.05) is 0 Å². The van der Waals surface area contributed by atoms with Crippen LogP contribution in [0.4, 0.5) is 0 Å². The molecule has 308 valence electrons. The largest absolute Gasteiger partial charge is 0.256 e. The summed E-state index contributed by atoms with van der Waals surface area (Å²) >= 11 is 0. The van der Waals surface area contributed by atoms with Crippen molar-refractivity contribution in [1.82, 2.24) is 4.57 Å². The van der Waals surface area contributed by atoms with Crippen LogP contribution in [0.25, 0.3) is 0 Å². The summed E-state index contributed by atoms with van der Waals surface area (Å²) in [6.45, 7) is 9.42. The summed E-state index contributed by atoms with van der Waals surface area (Å²) < 4.78 is 5.32. The van der Waals surface area contributed by atoms with E-state index in [-0.39, 0.29) is 0 Å². The van der Waals surface area contributed by atoms with Crippen molar-refractivity contribution in [3.8, 4) is 0 Å². The van der Waals surface area contributed by atoms with E-state index < -0.39 is 0 Å². The quantitative estimate of drug-likeness (QED) is 0.0467. The zero-order valence-electron chi connectivity index (χ0n) is 36.7. The Morgan fingerprint density at radius 1 is 0.327 bits per heavy atom. The van der Waals surface area contributed by atoms with E-state index in [1.165, 1.54) is 283 Å². The maximum absolute atomic E-state index is 2.66. The molecule has 1 heterocycles. The highest BCUT2D eigenvalue weighted by Gasteiger charge is 2.16. The molecular weight excluding hydrogens is 629 g/mol. The van der Waals surface area contributed by atoms with Crippen molar-refractivity contribution < 1.29 is 4.57 Å². The summed E-state index contributed by atoms with van der Waals surface area (Å²) in [6, 6.07) is 0. The first-order valence-electron chi connectivity index (χ1n) is 24.9. The van der Waals surface area contributed by atoms with E-state index >= 15 is 0 Å². The predicted octanol–water partition coefficient (Wildman–Crippen LogP) is 17.4. The molecule has 0 bridgehead atoms. The predicted molar refractivity (Wildman–Crippen MR) is 235 cm³/mol. The van der Waals surface area contributed by atoms with Crippen LogP contribution in [-0.4, -0.2) is 4.57 Å². The Morgan fingerprint density at radius 2 is 0.596 bits per heavy atom. The van der Waals surface area contributed by atoms with E-state index in [0.717, 1.165) is 0 Å². The summed E-state index contributed by atoms with van der Waals surface area (Å²) in [5.41, 5.74) is 0. The van der Waals surface area contributed by atoms with E-state index in [2.05, 4.69) is 42.3 Å². The highest BCUT2D eigenvalue weighted by molar-refractivity contribution is 4.84. The first-order valence-corrected chi connectivity index (χ1v) is 24.9. The highest BCUT2D eigenvalue weighted by Crippen LogP contribution is 2.17. The first kappa shape index (κ1) is 49.2. The fraction of sp³-hybridized carbons (Fsp3) is 0.940. The Hall–Kier alpha value is -0.790. The molecule has 0 radical (unpaired) electrons. The zero-order valence-corrected chi connectivity index (χ0v) is 36.7. The van der Waals surface area contributed by atoms with Gasteiger partial charge >= 0.3 is 0 Å². The SMILES string of the molecule is CCCCCCCCCCCCCCCCc1n(CCCCCCCCCCCCCCCC)cc[n+]1CCCCCCCCCCCCCCC. The average molecular weight is 728 g/mol. The molecule has 0 aromatic carbocycles. The first-order chi connectivity index (χ1) is 25.8. The second-order valence-corrected chi connectivity index (χ2v) is 17.3. The van der Waals surface area contributed by atoms with Gasteiger partial charge in [0.25, 0.3) is 5.82 Å². The Labute approximate surface area is 329 Å². The van der Waals surface area contributed by atoms with E-state index in [0.29, 0.717) is 0 Å². The van der Waals surface area contributed by atoms with Crippen molar-refractivity contribution >= 4 is 0 Å². The molecule has 0 saturated heterocycles. The van der Waals surface area contributed by atoms with Gasteiger partial charge in [0.05, 0.1) is 13.1 Å². The number of hydrogen-bond donors (Lipinski definition) is 0. The van der Waals surface area contributed by atoms with Gasteiger partial charge < -0.3 is 0 Å². The van der Waals surface area contributed by atoms with Gasteiger partial charge in [0.1, 0.15) is 12.4 Å². The van der Waals surface area contributed by atoms with Crippen LogP contribution in [0.15, 0.2) is 12.4 Å². The number of aryl methyl sites for hydroxylation is 2. The number of hydrogen-bond acceptors (Lipinski definition) is 0. The number of unbranched alkanes of at least 4 members (excludes halogenated alkanes) is 38. The van der Waals surface area contributed by atoms with Crippen LogP contribution in [-0.2, 0) is 19.5 Å². The summed E-state index contributed by atoms with van der Waals surface area (Å²) in [6.07, 6.45) is 65.3. The van der Waals surface area contributed by atoms with Gasteiger partial charge in [-0.15, -0.1) is 0 Å². The molecule has 1 rings (SSSR count). The van der Waals surface area contributed by atoms with Crippen LogP contribution in [0.1, 0.15) is 290 Å². The topological polar surface area (TPSA) is 8.81 Å². The fourth-order valence-electron chi connectivity index (χ4n) is 8.45. The van der Waals surface area contributed by atoms with Gasteiger partial charge in [0.15, 0.2) is 0 Å². The fourth-order valence-corrected chi connectivity index (χ4v) is 8.45. The van der Waals surface area contributed by atoms with Crippen LogP contribution < -0.4 is 4.57 Å². The van der Waals surface area contributed by atoms with Crippen LogP contribution in [0, 0.1) is 0 Å². The second-order valence-electron chi connectivity index (χ2n) is 17.3. The molecule has 0 unspecified atom stereocenters. The normalized spacial score (nSPS) is 11.7. The Kier molecular flexibility index (Phi) is 39.2. The molecule has 52 heavy (non-hydrogen) atoms. The van der Waals surface area contributed by atoms with Crippen molar-refractivity contribution in [3.63, 3.8) is 0 Å². The Bertz CT molecular complexity index is 796. The van der Waals surface area contributed by atoms with E-state index in [4.69, 9.17) is 0 Å². The van der Waals surface area contributed by atoms with E-state index in [1.807, 2.05) is 0 Å². The molecule has 0 aliphatic heterocycles. The lowest BCUT2D eigenvalue weighted by atomic mass is 10.0. The minimum Gasteiger partial charge on any atom is -0.234 e. The Balaban J connectivity index is 2.27. The lowest BCUT2D eigenvalue weighted by Crippen LogP contribution is -2.37. The van der Waals surface area contributed by atoms with Crippen molar-refractivity contribution in [1.29, 1.82) is 0 Å². The maximum atomic E-state index is 2.66. The van der Waals surface area contributed by atoms with Crippen molar-refractivity contribution in [2.24, 2.45) is 0 Å². The van der Waals surface area contributed by atoms with Crippen molar-refractivity contribution in [2.45, 2.75) is 304 Å². The van der Waals surface area contributed by atoms with Crippen LogP contribution in [0.3, 0.4) is 0 Å². The molecule has 0 fully saturated rings. The number of imidazole rings is 1. The monoisotopic (exact) mass is 728 g/mol. The average Bonchev–Trinajstić information content (AvgIpc) is 3.54. The summed E-state index contributed by atoms with van der Waals surface area (Å²) in [7, 11) is 0. The molecule has 0 atom stereocenters. The molecule has 0 amide bonds. The molecule has 0 spiro atoms. The van der Waals surface area contributed by atoms with Gasteiger partial charge in [-0.05, 0) is 32.1 Å². The molecule has 2 nitrogen and oxygen atoms in total. The molecule has 0 saturated carbocycles. The Morgan fingerprint density at radius 3 is 0.923 bits per heavy atom. The van der Waals surface area contributed by atoms with Crippen molar-refractivity contribution in [3.05, 3.63) is 18.2 Å². The number of nitrogens with zero attached hydrogens (tertiary/aromatic N) is 2. The molecular formula is C50H99N2+. The molecule has 0 aliphatic carbocycles. The standard InChI is InChI=1S/C50H99N2/c1-4-7-10-13-16-19-22-25-27-30-33-36-39-42-45-50-51(46-43-40-37-34-31-28-24-21-18-15-12-9-6-3)48-49-52(50)47-44-41-38-35-32-29-26-23-20-17-14-11-8-5-2/h48-49H,4-47H2,1-3H3/q+1. The van der Waals surface area contributed by atoms with Gasteiger partial charge in [0, 0.05) is 6.42 Å². The van der Waals surface area contributed by atoms with Crippen LogP contribution in [0.2, 0.25) is 0 Å². The minimum atomic E-state index is 1.23. The van der Waals surface area contributed by atoms with Gasteiger partial charge in [-0.2, -0.15) is 0 Å². The third-order valence-corrected chi connectivity index (χ3v) is 12.1. The maximum Gasteiger partial charge on any atom is 0.256 e. The lowest BCUT2D eigenvalue weighted by Gasteiger charge is -2.07. The van der Waals surface area contributed by atoms with Gasteiger partial charge in [-0.1, -0.05) is 252 Å². The highest BCUT2D eigenvalue weighted by atomic mass is 15.1. The summed E-state index contributed by atoms with van der Waals surface area (Å²) in [5, 5.41) is 0. The van der Waals surface area contributed by atoms with Gasteiger partial charge in [0.2, 0.25) is 0 Å². The zero-order chi connectivity index (χ0) is 37.3. The molecule has 0 N–H and O–H groups in total. The third-order valence-electron chi connectivity index (χ3n) is 12.1. The smallest absolute Gasteiger partial charge is 0.234 e. The summed E-state index contributed by atoms with van der Waals surface area (Å²) in [5.74, 6) is 1.63. The summed E-state index contributed by atoms with van der Waals surface area (Å²) in [4.78, 5) is 0. The lowest BCUT2D eigenvalue weighted by molar-refractivity contribution is -0.704. The third kappa shape index (κ3) is 32.6. The van der Waals surface area contributed by atoms with Crippen LogP contribution in [0.5, 0.6) is 0 Å². The molecule has 0 aliphatic rings. The minimum absolute atomic E-state index is 1.23. The molecule has 1 aromatic heterocycles. The number of rotatable bonds is 44. The van der Waals surface area contributed by atoms with E-state index in [9.17, 15) is 0 Å². The molecule has 2 heteroatoms.